The minimum absolute atomic E-state index is 0.0903. The van der Waals surface area contributed by atoms with Crippen LogP contribution in [-0.2, 0) is 0 Å². The van der Waals surface area contributed by atoms with E-state index in [9.17, 15) is 4.79 Å². The number of benzene rings is 2. The summed E-state index contributed by atoms with van der Waals surface area (Å²) in [4.78, 5) is 14.5. The second kappa shape index (κ2) is 6.86. The van der Waals surface area contributed by atoms with Gasteiger partial charge in [0.05, 0.1) is 15.7 Å². The quantitative estimate of drug-likeness (QED) is 0.775. The maximum Gasteiger partial charge on any atom is 0.323 e. The van der Waals surface area contributed by atoms with Crippen molar-refractivity contribution in [2.75, 3.05) is 24.4 Å². The van der Waals surface area contributed by atoms with Gasteiger partial charge in [0, 0.05) is 12.3 Å². The van der Waals surface area contributed by atoms with E-state index in [0.717, 1.165) is 17.1 Å². The number of rotatable bonds is 2. The molecule has 0 bridgehead atoms. The summed E-state index contributed by atoms with van der Waals surface area (Å²) in [6.45, 7) is 0.877. The number of hydrogen-bond donors (Lipinski definition) is 1. The average Bonchev–Trinajstić information content (AvgIpc) is 3.27. The number of nitrogens with one attached hydrogen (secondary N) is 1. The number of thioether (sulfide) groups is 1. The van der Waals surface area contributed by atoms with Gasteiger partial charge >= 0.3 is 6.03 Å². The molecule has 0 saturated carbocycles. The summed E-state index contributed by atoms with van der Waals surface area (Å²) in [7, 11) is 0. The Morgan fingerprint density at radius 2 is 2.04 bits per heavy atom. The first kappa shape index (κ1) is 16.7. The number of urea groups is 1. The Bertz CT molecular complexity index is 834. The average molecular weight is 397 g/mol. The van der Waals surface area contributed by atoms with Gasteiger partial charge in [0.2, 0.25) is 6.79 Å². The van der Waals surface area contributed by atoms with Crippen molar-refractivity contribution in [2.24, 2.45) is 0 Å². The summed E-state index contributed by atoms with van der Waals surface area (Å²) in [5, 5.41) is 3.50. The van der Waals surface area contributed by atoms with E-state index in [1.54, 1.807) is 34.9 Å². The van der Waals surface area contributed by atoms with E-state index >= 15 is 0 Å². The van der Waals surface area contributed by atoms with Crippen molar-refractivity contribution in [3.8, 4) is 11.5 Å². The summed E-state index contributed by atoms with van der Waals surface area (Å²) in [5.74, 6) is 2.30. The predicted molar refractivity (Wildman–Crippen MR) is 100.0 cm³/mol. The van der Waals surface area contributed by atoms with Crippen molar-refractivity contribution in [3.63, 3.8) is 0 Å². The first-order valence-corrected chi connectivity index (χ1v) is 9.47. The summed E-state index contributed by atoms with van der Waals surface area (Å²) >= 11 is 13.9. The van der Waals surface area contributed by atoms with Gasteiger partial charge in [0.15, 0.2) is 11.5 Å². The summed E-state index contributed by atoms with van der Waals surface area (Å²) in [6, 6.07) is 10.7. The first-order valence-electron chi connectivity index (χ1n) is 7.66. The highest BCUT2D eigenvalue weighted by atomic mass is 35.5. The molecular formula is C17H14Cl2N2O3S. The van der Waals surface area contributed by atoms with E-state index in [0.29, 0.717) is 28.0 Å². The fourth-order valence-corrected chi connectivity index (χ4v) is 4.40. The van der Waals surface area contributed by atoms with Gasteiger partial charge in [-0.3, -0.25) is 0 Å². The Labute approximate surface area is 159 Å². The molecule has 2 heterocycles. The molecule has 0 spiro atoms. The summed E-state index contributed by atoms with van der Waals surface area (Å²) in [5.41, 5.74) is 1.50. The van der Waals surface area contributed by atoms with E-state index in [-0.39, 0.29) is 18.2 Å². The lowest BCUT2D eigenvalue weighted by molar-refractivity contribution is 0.174. The van der Waals surface area contributed by atoms with Gasteiger partial charge in [-0.15, -0.1) is 11.8 Å². The Balaban J connectivity index is 1.55. The minimum Gasteiger partial charge on any atom is -0.454 e. The highest BCUT2D eigenvalue weighted by Gasteiger charge is 2.32. The molecule has 1 fully saturated rings. The lowest BCUT2D eigenvalue weighted by Gasteiger charge is -2.25. The highest BCUT2D eigenvalue weighted by molar-refractivity contribution is 7.99. The first-order chi connectivity index (χ1) is 12.1. The number of halogens is 2. The zero-order valence-corrected chi connectivity index (χ0v) is 15.3. The van der Waals surface area contributed by atoms with Gasteiger partial charge in [0.25, 0.3) is 0 Å². The monoisotopic (exact) mass is 396 g/mol. The Kier molecular flexibility index (Phi) is 4.58. The van der Waals surface area contributed by atoms with Crippen LogP contribution in [0.2, 0.25) is 10.0 Å². The lowest BCUT2D eigenvalue weighted by atomic mass is 10.2. The van der Waals surface area contributed by atoms with Crippen molar-refractivity contribution >= 4 is 46.7 Å². The molecule has 0 aromatic heterocycles. The number of carbonyl (C=O) groups excluding carboxylic acids is 1. The van der Waals surface area contributed by atoms with Crippen molar-refractivity contribution in [1.29, 1.82) is 0 Å². The van der Waals surface area contributed by atoms with Crippen LogP contribution in [0.1, 0.15) is 10.9 Å². The third kappa shape index (κ3) is 3.21. The van der Waals surface area contributed by atoms with E-state index in [2.05, 4.69) is 5.32 Å². The second-order valence-corrected chi connectivity index (χ2v) is 7.53. The molecule has 1 saturated heterocycles. The third-order valence-corrected chi connectivity index (χ3v) is 6.11. The van der Waals surface area contributed by atoms with Crippen LogP contribution in [0.25, 0.3) is 0 Å². The number of anilines is 1. The fourth-order valence-electron chi connectivity index (χ4n) is 2.81. The number of fused-ring (bicyclic) bond motifs is 1. The molecule has 2 aliphatic rings. The van der Waals surface area contributed by atoms with Crippen LogP contribution in [-0.4, -0.2) is 30.0 Å². The largest absolute Gasteiger partial charge is 0.454 e. The number of carbonyl (C=O) groups is 1. The van der Waals surface area contributed by atoms with Crippen molar-refractivity contribution in [2.45, 2.75) is 5.37 Å². The normalized spacial score (nSPS) is 18.5. The van der Waals surface area contributed by atoms with Gasteiger partial charge in [0.1, 0.15) is 5.37 Å². The van der Waals surface area contributed by atoms with Crippen LogP contribution in [0.4, 0.5) is 10.5 Å². The standard InChI is InChI=1S/C17H14Cl2N2O3S/c18-11-2-1-3-12(15(11)19)20-17(22)21-6-7-25-16(21)10-4-5-13-14(8-10)24-9-23-13/h1-5,8,16H,6-7,9H2,(H,20,22)/t16-/m0/s1. The molecule has 4 rings (SSSR count). The van der Waals surface area contributed by atoms with Crippen LogP contribution in [0, 0.1) is 0 Å². The van der Waals surface area contributed by atoms with Crippen LogP contribution in [0.15, 0.2) is 36.4 Å². The van der Waals surface area contributed by atoms with E-state index in [1.807, 2.05) is 18.2 Å². The molecule has 2 aromatic rings. The van der Waals surface area contributed by atoms with Crippen LogP contribution < -0.4 is 14.8 Å². The van der Waals surface area contributed by atoms with Gasteiger partial charge in [-0.25, -0.2) is 4.79 Å². The topological polar surface area (TPSA) is 50.8 Å². The molecule has 0 aliphatic carbocycles. The van der Waals surface area contributed by atoms with Crippen LogP contribution in [0.3, 0.4) is 0 Å². The minimum atomic E-state index is -0.211. The van der Waals surface area contributed by atoms with E-state index < -0.39 is 0 Å². The predicted octanol–water partition coefficient (Wildman–Crippen LogP) is 5.00. The van der Waals surface area contributed by atoms with E-state index in [4.69, 9.17) is 32.7 Å². The van der Waals surface area contributed by atoms with Gasteiger partial charge in [-0.1, -0.05) is 35.3 Å². The van der Waals surface area contributed by atoms with Crippen molar-refractivity contribution in [3.05, 3.63) is 52.0 Å². The molecule has 2 aromatic carbocycles. The zero-order valence-electron chi connectivity index (χ0n) is 13.0. The zero-order chi connectivity index (χ0) is 17.4. The number of nitrogens with zero attached hydrogens (tertiary/aromatic N) is 1. The molecule has 5 nitrogen and oxygen atoms in total. The third-order valence-electron chi connectivity index (χ3n) is 4.03. The molecule has 0 radical (unpaired) electrons. The van der Waals surface area contributed by atoms with Crippen LogP contribution in [0.5, 0.6) is 11.5 Å². The SMILES string of the molecule is O=C(Nc1cccc(Cl)c1Cl)N1CCS[C@H]1c1ccc2c(c1)OCO2. The molecule has 2 aliphatic heterocycles. The highest BCUT2D eigenvalue weighted by Crippen LogP contribution is 2.42. The van der Waals surface area contributed by atoms with Gasteiger partial charge in [-0.2, -0.15) is 0 Å². The smallest absolute Gasteiger partial charge is 0.323 e. The number of amides is 2. The Morgan fingerprint density at radius 3 is 2.92 bits per heavy atom. The fraction of sp³-hybridized carbons (Fsp3) is 0.235. The second-order valence-electron chi connectivity index (χ2n) is 5.56. The molecule has 1 N–H and O–H groups in total. The Hall–Kier alpha value is -1.76. The van der Waals surface area contributed by atoms with E-state index in [1.165, 1.54) is 0 Å². The Morgan fingerprint density at radius 1 is 1.20 bits per heavy atom. The maximum atomic E-state index is 12.7. The summed E-state index contributed by atoms with van der Waals surface area (Å²) < 4.78 is 10.8. The molecule has 0 unspecified atom stereocenters. The number of hydrogen-bond acceptors (Lipinski definition) is 4. The van der Waals surface area contributed by atoms with Crippen molar-refractivity contribution < 1.29 is 14.3 Å². The molecule has 25 heavy (non-hydrogen) atoms. The maximum absolute atomic E-state index is 12.7. The lowest BCUT2D eigenvalue weighted by Crippen LogP contribution is -2.34. The molecule has 2 amide bonds. The molecule has 1 atom stereocenters. The van der Waals surface area contributed by atoms with Crippen LogP contribution >= 0.6 is 35.0 Å². The number of ether oxygens (including phenoxy) is 2. The molecule has 8 heteroatoms. The van der Waals surface area contributed by atoms with Gasteiger partial charge in [-0.05, 0) is 29.8 Å². The van der Waals surface area contributed by atoms with Crippen molar-refractivity contribution in [1.82, 2.24) is 4.90 Å². The molecule has 130 valence electrons. The summed E-state index contributed by atoms with van der Waals surface area (Å²) in [6.07, 6.45) is 0. The van der Waals surface area contributed by atoms with Gasteiger partial charge < -0.3 is 19.7 Å². The molecular weight excluding hydrogens is 383 g/mol.